The fourth-order valence-electron chi connectivity index (χ4n) is 1.35. The molecule has 0 aliphatic rings. The van der Waals surface area contributed by atoms with E-state index in [0.29, 0.717) is 0 Å². The molecule has 0 saturated heterocycles. The summed E-state index contributed by atoms with van der Waals surface area (Å²) in [5, 5.41) is 17.1. The highest BCUT2D eigenvalue weighted by atomic mass is 16.4. The fraction of sp³-hybridized carbons (Fsp3) is 0. The van der Waals surface area contributed by atoms with Crippen molar-refractivity contribution in [2.45, 2.75) is 0 Å². The zero-order valence-electron chi connectivity index (χ0n) is 9.33. The number of carboxylic acids is 2. The lowest BCUT2D eigenvalue weighted by atomic mass is 10.1. The Balaban J connectivity index is 0.000000232. The van der Waals surface area contributed by atoms with Crippen molar-refractivity contribution in [1.82, 2.24) is 0 Å². The molecule has 0 atom stereocenters. The fourth-order valence-corrected chi connectivity index (χ4v) is 1.35. The molecule has 6 heteroatoms. The molecule has 0 aliphatic heterocycles. The third-order valence-corrected chi connectivity index (χ3v) is 2.13. The van der Waals surface area contributed by atoms with Crippen molar-refractivity contribution >= 4 is 28.4 Å². The van der Waals surface area contributed by atoms with Crippen LogP contribution in [-0.4, -0.2) is 22.2 Å². The van der Waals surface area contributed by atoms with Crippen LogP contribution in [0, 0.1) is 0 Å². The molecule has 0 fully saturated rings. The molecule has 94 valence electrons. The summed E-state index contributed by atoms with van der Waals surface area (Å²) >= 11 is 0. The van der Waals surface area contributed by atoms with E-state index < -0.39 is 11.9 Å². The molecule has 0 radical (unpaired) electrons. The van der Waals surface area contributed by atoms with Gasteiger partial charge < -0.3 is 15.6 Å². The van der Waals surface area contributed by atoms with Gasteiger partial charge in [-0.15, -0.1) is 0 Å². The second-order valence-corrected chi connectivity index (χ2v) is 3.28. The van der Waals surface area contributed by atoms with Gasteiger partial charge in [0.15, 0.2) is 0 Å². The number of fused-ring (bicyclic) bond motifs is 1. The van der Waals surface area contributed by atoms with Gasteiger partial charge in [0.2, 0.25) is 0 Å². The zero-order valence-corrected chi connectivity index (χ0v) is 9.33. The van der Waals surface area contributed by atoms with E-state index in [2.05, 4.69) is 17.6 Å². The number of hydrogen-bond acceptors (Lipinski definition) is 4. The average Bonchev–Trinajstić information content (AvgIpc) is 2.38. The molecule has 0 aromatic heterocycles. The number of anilines is 1. The molecular weight excluding hydrogens is 236 g/mol. The van der Waals surface area contributed by atoms with Gasteiger partial charge in [0.1, 0.15) is 0 Å². The van der Waals surface area contributed by atoms with Crippen LogP contribution < -0.4 is 11.3 Å². The summed E-state index contributed by atoms with van der Waals surface area (Å²) < 4.78 is 0. The van der Waals surface area contributed by atoms with Gasteiger partial charge >= 0.3 is 11.9 Å². The van der Waals surface area contributed by atoms with E-state index in [-0.39, 0.29) is 0 Å². The van der Waals surface area contributed by atoms with Crippen molar-refractivity contribution in [3.8, 4) is 0 Å². The molecule has 0 unspecified atom stereocenters. The molecule has 5 N–H and O–H groups in total. The minimum atomic E-state index is -1.82. The number of aliphatic carboxylic acids is 2. The van der Waals surface area contributed by atoms with Crippen molar-refractivity contribution in [3.63, 3.8) is 0 Å². The molecule has 2 rings (SSSR count). The van der Waals surface area contributed by atoms with Crippen molar-refractivity contribution in [3.05, 3.63) is 42.5 Å². The van der Waals surface area contributed by atoms with E-state index in [4.69, 9.17) is 25.6 Å². The van der Waals surface area contributed by atoms with Gasteiger partial charge in [-0.2, -0.15) is 0 Å². The van der Waals surface area contributed by atoms with Gasteiger partial charge in [-0.25, -0.2) is 9.59 Å². The van der Waals surface area contributed by atoms with Crippen molar-refractivity contribution in [2.24, 2.45) is 5.84 Å². The van der Waals surface area contributed by atoms with Gasteiger partial charge in [0.05, 0.1) is 5.69 Å². The molecule has 0 heterocycles. The number of benzene rings is 2. The molecular formula is C12H12N2O4. The predicted octanol–water partition coefficient (Wildman–Crippen LogP) is 1.28. The lowest BCUT2D eigenvalue weighted by molar-refractivity contribution is -0.159. The summed E-state index contributed by atoms with van der Waals surface area (Å²) in [6.45, 7) is 0. The first-order chi connectivity index (χ1) is 8.56. The van der Waals surface area contributed by atoms with E-state index in [1.807, 2.05) is 30.3 Å². The normalized spacial score (nSPS) is 9.17. The van der Waals surface area contributed by atoms with E-state index in [0.717, 1.165) is 11.1 Å². The van der Waals surface area contributed by atoms with Gasteiger partial charge in [0.25, 0.3) is 0 Å². The third-order valence-electron chi connectivity index (χ3n) is 2.13. The summed E-state index contributed by atoms with van der Waals surface area (Å²) in [5.74, 6) is 1.72. The smallest absolute Gasteiger partial charge is 0.414 e. The minimum absolute atomic E-state index is 0.966. The lowest BCUT2D eigenvalue weighted by Crippen LogP contribution is -2.09. The first-order valence-corrected chi connectivity index (χ1v) is 4.97. The Labute approximate surface area is 103 Å². The van der Waals surface area contributed by atoms with E-state index in [9.17, 15) is 0 Å². The van der Waals surface area contributed by atoms with Gasteiger partial charge in [-0.3, -0.25) is 5.84 Å². The van der Waals surface area contributed by atoms with Crippen molar-refractivity contribution in [1.29, 1.82) is 0 Å². The zero-order chi connectivity index (χ0) is 13.5. The van der Waals surface area contributed by atoms with Crippen LogP contribution in [0.4, 0.5) is 5.69 Å². The molecule has 0 amide bonds. The number of hydrogen-bond donors (Lipinski definition) is 4. The number of carboxylic acid groups (broad SMARTS) is 2. The van der Waals surface area contributed by atoms with Crippen LogP contribution in [0.5, 0.6) is 0 Å². The standard InChI is InChI=1S/C10H10N2.C2H2O4/c11-12-10-7-3-5-8-4-1-2-6-9(8)10;3-1(4)2(5)6/h1-7,12H,11H2;(H,3,4)(H,5,6). The number of carbonyl (C=O) groups is 2. The Hall–Kier alpha value is -2.60. The van der Waals surface area contributed by atoms with Crippen LogP contribution in [0.1, 0.15) is 0 Å². The first-order valence-electron chi connectivity index (χ1n) is 4.97. The molecule has 6 nitrogen and oxygen atoms in total. The monoisotopic (exact) mass is 248 g/mol. The minimum Gasteiger partial charge on any atom is -0.473 e. The second-order valence-electron chi connectivity index (χ2n) is 3.28. The van der Waals surface area contributed by atoms with Crippen LogP contribution in [-0.2, 0) is 9.59 Å². The number of nitrogens with one attached hydrogen (secondary N) is 1. The summed E-state index contributed by atoms with van der Waals surface area (Å²) in [6, 6.07) is 14.1. The Morgan fingerprint density at radius 3 is 2.06 bits per heavy atom. The number of hydrazine groups is 1. The van der Waals surface area contributed by atoms with Crippen LogP contribution in [0.15, 0.2) is 42.5 Å². The predicted molar refractivity (Wildman–Crippen MR) is 67.0 cm³/mol. The molecule has 18 heavy (non-hydrogen) atoms. The Bertz CT molecular complexity index is 552. The van der Waals surface area contributed by atoms with Crippen LogP contribution in [0.2, 0.25) is 0 Å². The summed E-state index contributed by atoms with van der Waals surface area (Å²) in [6.07, 6.45) is 0. The number of nitrogens with two attached hydrogens (primary N) is 1. The largest absolute Gasteiger partial charge is 0.473 e. The number of nitrogen functional groups attached to an aromatic ring is 1. The van der Waals surface area contributed by atoms with Gasteiger partial charge in [-0.1, -0.05) is 36.4 Å². The maximum absolute atomic E-state index is 9.10. The van der Waals surface area contributed by atoms with Gasteiger partial charge in [0, 0.05) is 5.39 Å². The topological polar surface area (TPSA) is 113 Å². The second kappa shape index (κ2) is 6.21. The highest BCUT2D eigenvalue weighted by Gasteiger charge is 2.04. The third kappa shape index (κ3) is 3.46. The molecule has 0 bridgehead atoms. The molecule has 2 aromatic rings. The number of rotatable bonds is 1. The van der Waals surface area contributed by atoms with E-state index >= 15 is 0 Å². The van der Waals surface area contributed by atoms with Crippen LogP contribution >= 0.6 is 0 Å². The Morgan fingerprint density at radius 1 is 0.944 bits per heavy atom. The van der Waals surface area contributed by atoms with E-state index in [1.165, 1.54) is 5.39 Å². The quantitative estimate of drug-likeness (QED) is 0.343. The molecule has 0 spiro atoms. The first kappa shape index (κ1) is 13.5. The molecule has 2 aromatic carbocycles. The molecule has 0 saturated carbocycles. The summed E-state index contributed by atoms with van der Waals surface area (Å²) in [5.41, 5.74) is 3.64. The lowest BCUT2D eigenvalue weighted by Gasteiger charge is -2.03. The van der Waals surface area contributed by atoms with Gasteiger partial charge in [-0.05, 0) is 11.5 Å². The van der Waals surface area contributed by atoms with Crippen molar-refractivity contribution < 1.29 is 19.8 Å². The van der Waals surface area contributed by atoms with Crippen LogP contribution in [0.3, 0.4) is 0 Å². The highest BCUT2D eigenvalue weighted by molar-refractivity contribution is 6.27. The van der Waals surface area contributed by atoms with Crippen molar-refractivity contribution in [2.75, 3.05) is 5.43 Å². The highest BCUT2D eigenvalue weighted by Crippen LogP contribution is 2.21. The molecule has 0 aliphatic carbocycles. The summed E-state index contributed by atoms with van der Waals surface area (Å²) in [7, 11) is 0. The SMILES string of the molecule is NNc1cccc2ccccc12.O=C(O)C(=O)O. The summed E-state index contributed by atoms with van der Waals surface area (Å²) in [4.78, 5) is 18.2. The Kier molecular flexibility index (Phi) is 4.65. The average molecular weight is 248 g/mol. The maximum Gasteiger partial charge on any atom is 0.414 e. The maximum atomic E-state index is 9.10. The van der Waals surface area contributed by atoms with E-state index in [1.54, 1.807) is 0 Å². The Morgan fingerprint density at radius 2 is 1.50 bits per heavy atom. The van der Waals surface area contributed by atoms with Crippen LogP contribution in [0.25, 0.3) is 10.8 Å².